The fraction of sp³-hybridized carbons (Fsp3) is 0.273. The topological polar surface area (TPSA) is 26.0 Å². The van der Waals surface area contributed by atoms with E-state index >= 15 is 0 Å². The maximum Gasteiger partial charge on any atom is 0.0184 e. The Bertz CT molecular complexity index is 287. The quantitative estimate of drug-likeness (QED) is 0.708. The van der Waals surface area contributed by atoms with Crippen LogP contribution in [0.5, 0.6) is 0 Å². The lowest BCUT2D eigenvalue weighted by Crippen LogP contribution is -1.99. The molecular weight excluding hydrogens is 146 g/mol. The fourth-order valence-corrected chi connectivity index (χ4v) is 1.24. The van der Waals surface area contributed by atoms with Gasteiger partial charge < -0.3 is 5.73 Å². The van der Waals surface area contributed by atoms with E-state index in [-0.39, 0.29) is 0 Å². The summed E-state index contributed by atoms with van der Waals surface area (Å²) in [5, 5.41) is 0. The first kappa shape index (κ1) is 9.01. The molecule has 1 nitrogen and oxygen atoms in total. The van der Waals surface area contributed by atoms with Crippen LogP contribution in [-0.4, -0.2) is 0 Å². The van der Waals surface area contributed by atoms with Gasteiger partial charge in [-0.1, -0.05) is 30.3 Å². The van der Waals surface area contributed by atoms with Crippen LogP contribution in [0.1, 0.15) is 25.0 Å². The average molecular weight is 161 g/mol. The van der Waals surface area contributed by atoms with Gasteiger partial charge in [-0.25, -0.2) is 0 Å². The molecular formula is C11H15N. The average Bonchev–Trinajstić information content (AvgIpc) is 2.16. The Morgan fingerprint density at radius 3 is 2.67 bits per heavy atom. The van der Waals surface area contributed by atoms with Gasteiger partial charge in [0.2, 0.25) is 0 Å². The van der Waals surface area contributed by atoms with Gasteiger partial charge in [0.1, 0.15) is 0 Å². The first-order chi connectivity index (χ1) is 5.79. The van der Waals surface area contributed by atoms with Crippen LogP contribution in [0.3, 0.4) is 0 Å². The van der Waals surface area contributed by atoms with Gasteiger partial charge in [-0.15, -0.1) is 0 Å². The zero-order valence-corrected chi connectivity index (χ0v) is 7.67. The maximum atomic E-state index is 5.62. The third kappa shape index (κ3) is 1.74. The van der Waals surface area contributed by atoms with Crippen molar-refractivity contribution in [2.75, 3.05) is 0 Å². The second kappa shape index (κ2) is 4.07. The van der Waals surface area contributed by atoms with Crippen LogP contribution in [0.2, 0.25) is 0 Å². The van der Waals surface area contributed by atoms with Gasteiger partial charge in [0.05, 0.1) is 0 Å². The Morgan fingerprint density at radius 2 is 2.08 bits per heavy atom. The fourth-order valence-electron chi connectivity index (χ4n) is 1.24. The van der Waals surface area contributed by atoms with Gasteiger partial charge in [-0.2, -0.15) is 0 Å². The first-order valence-electron chi connectivity index (χ1n) is 4.21. The molecule has 1 aromatic rings. The van der Waals surface area contributed by atoms with Crippen molar-refractivity contribution >= 4 is 5.57 Å². The van der Waals surface area contributed by atoms with Crippen LogP contribution in [0.25, 0.3) is 5.57 Å². The summed E-state index contributed by atoms with van der Waals surface area (Å²) in [6.45, 7) is 4.76. The standard InChI is InChI=1S/C11H15N/c1-3-9(2)11-7-5-4-6-10(11)8-12/h3-7H,8,12H2,1-2H3/b9-3+. The van der Waals surface area contributed by atoms with Crippen molar-refractivity contribution in [3.63, 3.8) is 0 Å². The van der Waals surface area contributed by atoms with Crippen LogP contribution in [0.15, 0.2) is 30.3 Å². The van der Waals surface area contributed by atoms with E-state index in [1.54, 1.807) is 0 Å². The molecule has 0 saturated heterocycles. The smallest absolute Gasteiger partial charge is 0.0184 e. The zero-order valence-electron chi connectivity index (χ0n) is 7.67. The maximum absolute atomic E-state index is 5.62. The Kier molecular flexibility index (Phi) is 3.06. The molecule has 0 aliphatic rings. The van der Waals surface area contributed by atoms with E-state index in [9.17, 15) is 0 Å². The summed E-state index contributed by atoms with van der Waals surface area (Å²) in [5.74, 6) is 0. The highest BCUT2D eigenvalue weighted by Crippen LogP contribution is 2.17. The minimum absolute atomic E-state index is 0.612. The summed E-state index contributed by atoms with van der Waals surface area (Å²) in [4.78, 5) is 0. The number of hydrogen-bond donors (Lipinski definition) is 1. The Balaban J connectivity index is 3.13. The molecule has 0 amide bonds. The third-order valence-electron chi connectivity index (χ3n) is 2.10. The summed E-state index contributed by atoms with van der Waals surface area (Å²) in [7, 11) is 0. The second-order valence-corrected chi connectivity index (χ2v) is 2.83. The summed E-state index contributed by atoms with van der Waals surface area (Å²) in [6, 6.07) is 8.25. The van der Waals surface area contributed by atoms with E-state index in [0.29, 0.717) is 6.54 Å². The second-order valence-electron chi connectivity index (χ2n) is 2.83. The van der Waals surface area contributed by atoms with Gasteiger partial charge in [0, 0.05) is 6.54 Å². The summed E-state index contributed by atoms with van der Waals surface area (Å²) < 4.78 is 0. The molecule has 64 valence electrons. The number of allylic oxidation sites excluding steroid dienone is 2. The molecule has 0 heterocycles. The van der Waals surface area contributed by atoms with Crippen LogP contribution in [-0.2, 0) is 6.54 Å². The number of benzene rings is 1. The van der Waals surface area contributed by atoms with Gasteiger partial charge in [0.15, 0.2) is 0 Å². The van der Waals surface area contributed by atoms with Crippen molar-refractivity contribution < 1.29 is 0 Å². The van der Waals surface area contributed by atoms with Crippen LogP contribution in [0.4, 0.5) is 0 Å². The zero-order chi connectivity index (χ0) is 8.97. The van der Waals surface area contributed by atoms with E-state index < -0.39 is 0 Å². The van der Waals surface area contributed by atoms with Crippen molar-refractivity contribution in [3.05, 3.63) is 41.5 Å². The van der Waals surface area contributed by atoms with E-state index in [2.05, 4.69) is 25.1 Å². The molecule has 0 aromatic heterocycles. The molecule has 2 N–H and O–H groups in total. The molecule has 1 aromatic carbocycles. The van der Waals surface area contributed by atoms with Gasteiger partial charge >= 0.3 is 0 Å². The highest BCUT2D eigenvalue weighted by atomic mass is 14.5. The van der Waals surface area contributed by atoms with Crippen LogP contribution in [0, 0.1) is 0 Å². The van der Waals surface area contributed by atoms with Crippen molar-refractivity contribution in [3.8, 4) is 0 Å². The number of hydrogen-bond acceptors (Lipinski definition) is 1. The van der Waals surface area contributed by atoms with Crippen LogP contribution >= 0.6 is 0 Å². The Hall–Kier alpha value is -1.08. The van der Waals surface area contributed by atoms with E-state index in [0.717, 1.165) is 0 Å². The minimum Gasteiger partial charge on any atom is -0.326 e. The van der Waals surface area contributed by atoms with E-state index in [4.69, 9.17) is 5.73 Å². The van der Waals surface area contributed by atoms with E-state index in [1.165, 1.54) is 16.7 Å². The highest BCUT2D eigenvalue weighted by molar-refractivity contribution is 5.66. The molecule has 0 bridgehead atoms. The predicted octanol–water partition coefficient (Wildman–Crippen LogP) is 2.57. The van der Waals surface area contributed by atoms with Gasteiger partial charge in [-0.05, 0) is 30.5 Å². The largest absolute Gasteiger partial charge is 0.326 e. The minimum atomic E-state index is 0.612. The predicted molar refractivity (Wildman–Crippen MR) is 53.7 cm³/mol. The van der Waals surface area contributed by atoms with E-state index in [1.807, 2.05) is 19.1 Å². The van der Waals surface area contributed by atoms with Crippen molar-refractivity contribution in [1.29, 1.82) is 0 Å². The number of rotatable bonds is 2. The van der Waals surface area contributed by atoms with Gasteiger partial charge in [-0.3, -0.25) is 0 Å². The summed E-state index contributed by atoms with van der Waals surface area (Å²) >= 11 is 0. The highest BCUT2D eigenvalue weighted by Gasteiger charge is 1.99. The van der Waals surface area contributed by atoms with Crippen molar-refractivity contribution in [2.45, 2.75) is 20.4 Å². The first-order valence-corrected chi connectivity index (χ1v) is 4.21. The summed E-state index contributed by atoms with van der Waals surface area (Å²) in [6.07, 6.45) is 2.11. The monoisotopic (exact) mass is 161 g/mol. The SMILES string of the molecule is C/C=C(\C)c1ccccc1CN. The molecule has 0 spiro atoms. The van der Waals surface area contributed by atoms with Crippen LogP contribution < -0.4 is 5.73 Å². The Labute approximate surface area is 73.9 Å². The third-order valence-corrected chi connectivity index (χ3v) is 2.10. The molecule has 0 unspecified atom stereocenters. The Morgan fingerprint density at radius 1 is 1.42 bits per heavy atom. The normalized spacial score (nSPS) is 11.8. The molecule has 0 fully saturated rings. The van der Waals surface area contributed by atoms with Crippen molar-refractivity contribution in [1.82, 2.24) is 0 Å². The lowest BCUT2D eigenvalue weighted by Gasteiger charge is -2.06. The molecule has 0 atom stereocenters. The van der Waals surface area contributed by atoms with Crippen molar-refractivity contribution in [2.24, 2.45) is 5.73 Å². The molecule has 0 aliphatic heterocycles. The number of nitrogens with two attached hydrogens (primary N) is 1. The lowest BCUT2D eigenvalue weighted by molar-refractivity contribution is 1.06. The summed E-state index contributed by atoms with van der Waals surface area (Å²) in [5.41, 5.74) is 9.39. The molecule has 1 heteroatoms. The van der Waals surface area contributed by atoms with Gasteiger partial charge in [0.25, 0.3) is 0 Å². The lowest BCUT2D eigenvalue weighted by atomic mass is 10.0. The molecule has 0 radical (unpaired) electrons. The molecule has 12 heavy (non-hydrogen) atoms. The molecule has 1 rings (SSSR count). The molecule has 0 aliphatic carbocycles. The molecule has 0 saturated carbocycles.